The van der Waals surface area contributed by atoms with Gasteiger partial charge in [0.15, 0.2) is 0 Å². The molecule has 0 amide bonds. The average Bonchev–Trinajstić information content (AvgIpc) is 2.15. The van der Waals surface area contributed by atoms with Crippen molar-refractivity contribution >= 4 is 0 Å². The van der Waals surface area contributed by atoms with Crippen LogP contribution in [-0.2, 0) is 0 Å². The van der Waals surface area contributed by atoms with Gasteiger partial charge in [0.25, 0.3) is 0 Å². The van der Waals surface area contributed by atoms with Crippen LogP contribution < -0.4 is 0 Å². The highest BCUT2D eigenvalue weighted by Gasteiger charge is 2.32. The van der Waals surface area contributed by atoms with Crippen molar-refractivity contribution in [2.45, 2.75) is 65.9 Å². The Morgan fingerprint density at radius 2 is 1.57 bits per heavy atom. The van der Waals surface area contributed by atoms with E-state index in [1.807, 2.05) is 0 Å². The molecule has 0 saturated heterocycles. The molecule has 0 aromatic carbocycles. The molecule has 0 heterocycles. The fraction of sp³-hybridized carbons (Fsp3) is 1.00. The molecule has 1 rings (SSSR count). The maximum absolute atomic E-state index is 10.2. The van der Waals surface area contributed by atoms with Crippen LogP contribution in [0.25, 0.3) is 0 Å². The molecule has 1 saturated carbocycles. The van der Waals surface area contributed by atoms with Gasteiger partial charge in [-0.2, -0.15) is 0 Å². The molecule has 14 heavy (non-hydrogen) atoms. The molecule has 1 fully saturated rings. The van der Waals surface area contributed by atoms with Crippen molar-refractivity contribution in [1.29, 1.82) is 0 Å². The molecular formula is C13H26O. The molecule has 2 atom stereocenters. The van der Waals surface area contributed by atoms with Gasteiger partial charge in [-0.3, -0.25) is 0 Å². The third-order valence-corrected chi connectivity index (χ3v) is 3.78. The first-order chi connectivity index (χ1) is 6.43. The maximum atomic E-state index is 10.2. The number of rotatable bonds is 2. The molecule has 0 unspecified atom stereocenters. The van der Waals surface area contributed by atoms with E-state index in [0.29, 0.717) is 5.92 Å². The Kier molecular flexibility index (Phi) is 4.00. The lowest BCUT2D eigenvalue weighted by atomic mass is 9.72. The minimum atomic E-state index is -0.148. The van der Waals surface area contributed by atoms with Crippen molar-refractivity contribution in [1.82, 2.24) is 0 Å². The monoisotopic (exact) mass is 198 g/mol. The van der Waals surface area contributed by atoms with Crippen LogP contribution >= 0.6 is 0 Å². The highest BCUT2D eigenvalue weighted by molar-refractivity contribution is 4.83. The number of hydrogen-bond acceptors (Lipinski definition) is 1. The van der Waals surface area contributed by atoms with Crippen LogP contribution in [-0.4, -0.2) is 11.2 Å². The minimum Gasteiger partial charge on any atom is -0.392 e. The summed E-state index contributed by atoms with van der Waals surface area (Å²) in [6.45, 7) is 8.64. The lowest BCUT2D eigenvalue weighted by Gasteiger charge is -2.37. The molecule has 0 spiro atoms. The Morgan fingerprint density at radius 1 is 1.07 bits per heavy atom. The van der Waals surface area contributed by atoms with Crippen LogP contribution in [0.5, 0.6) is 0 Å². The number of aliphatic hydroxyl groups is 1. The SMILES string of the molecule is C[C@@H](C1CCCCC1)[C@@H](O)C(C)(C)C. The van der Waals surface area contributed by atoms with Crippen LogP contribution in [0, 0.1) is 17.3 Å². The molecule has 1 nitrogen and oxygen atoms in total. The summed E-state index contributed by atoms with van der Waals surface area (Å²) in [6, 6.07) is 0. The molecule has 1 aliphatic carbocycles. The Hall–Kier alpha value is -0.0400. The van der Waals surface area contributed by atoms with E-state index in [1.54, 1.807) is 0 Å². The Labute approximate surface area is 88.9 Å². The topological polar surface area (TPSA) is 20.2 Å². The van der Waals surface area contributed by atoms with E-state index < -0.39 is 0 Å². The molecular weight excluding hydrogens is 172 g/mol. The number of hydrogen-bond donors (Lipinski definition) is 1. The average molecular weight is 198 g/mol. The summed E-state index contributed by atoms with van der Waals surface area (Å²) in [5.74, 6) is 1.23. The quantitative estimate of drug-likeness (QED) is 0.718. The van der Waals surface area contributed by atoms with Crippen LogP contribution in [0.4, 0.5) is 0 Å². The summed E-state index contributed by atoms with van der Waals surface area (Å²) in [7, 11) is 0. The zero-order valence-corrected chi connectivity index (χ0v) is 10.2. The van der Waals surface area contributed by atoms with E-state index in [0.717, 1.165) is 5.92 Å². The van der Waals surface area contributed by atoms with E-state index in [4.69, 9.17) is 0 Å². The van der Waals surface area contributed by atoms with Crippen molar-refractivity contribution in [3.63, 3.8) is 0 Å². The first-order valence-corrected chi connectivity index (χ1v) is 6.11. The van der Waals surface area contributed by atoms with Gasteiger partial charge in [-0.05, 0) is 17.3 Å². The highest BCUT2D eigenvalue weighted by Crippen LogP contribution is 2.36. The Balaban J connectivity index is 2.50. The molecule has 0 aromatic rings. The van der Waals surface area contributed by atoms with Gasteiger partial charge < -0.3 is 5.11 Å². The summed E-state index contributed by atoms with van der Waals surface area (Å²) in [5, 5.41) is 10.2. The van der Waals surface area contributed by atoms with Gasteiger partial charge >= 0.3 is 0 Å². The van der Waals surface area contributed by atoms with E-state index in [9.17, 15) is 5.11 Å². The van der Waals surface area contributed by atoms with Crippen molar-refractivity contribution in [2.24, 2.45) is 17.3 Å². The smallest absolute Gasteiger partial charge is 0.0616 e. The van der Waals surface area contributed by atoms with Crippen molar-refractivity contribution in [3.8, 4) is 0 Å². The van der Waals surface area contributed by atoms with Gasteiger partial charge in [0.1, 0.15) is 0 Å². The zero-order valence-electron chi connectivity index (χ0n) is 10.2. The Morgan fingerprint density at radius 3 is 2.00 bits per heavy atom. The summed E-state index contributed by atoms with van der Waals surface area (Å²) in [4.78, 5) is 0. The third-order valence-electron chi connectivity index (χ3n) is 3.78. The molecule has 84 valence electrons. The van der Waals surface area contributed by atoms with Crippen molar-refractivity contribution in [2.75, 3.05) is 0 Å². The normalized spacial score (nSPS) is 24.6. The molecule has 0 aliphatic heterocycles. The molecule has 1 N–H and O–H groups in total. The molecule has 1 heteroatoms. The molecule has 0 aromatic heterocycles. The third kappa shape index (κ3) is 2.98. The summed E-state index contributed by atoms with van der Waals surface area (Å²) >= 11 is 0. The summed E-state index contributed by atoms with van der Waals surface area (Å²) in [6.07, 6.45) is 6.64. The van der Waals surface area contributed by atoms with Gasteiger partial charge in [-0.25, -0.2) is 0 Å². The number of aliphatic hydroxyl groups excluding tert-OH is 1. The van der Waals surface area contributed by atoms with Gasteiger partial charge in [0.05, 0.1) is 6.10 Å². The van der Waals surface area contributed by atoms with Gasteiger partial charge in [0.2, 0.25) is 0 Å². The van der Waals surface area contributed by atoms with Crippen LogP contribution in [0.1, 0.15) is 59.8 Å². The second kappa shape index (κ2) is 4.65. The van der Waals surface area contributed by atoms with E-state index in [1.165, 1.54) is 32.1 Å². The first-order valence-electron chi connectivity index (χ1n) is 6.11. The van der Waals surface area contributed by atoms with Gasteiger partial charge in [0, 0.05) is 0 Å². The lowest BCUT2D eigenvalue weighted by Crippen LogP contribution is -2.36. The molecule has 0 bridgehead atoms. The standard InChI is InChI=1S/C13H26O/c1-10(12(14)13(2,3)4)11-8-6-5-7-9-11/h10-12,14H,5-9H2,1-4H3/t10-,12+/m0/s1. The highest BCUT2D eigenvalue weighted by atomic mass is 16.3. The fourth-order valence-electron chi connectivity index (χ4n) is 2.71. The maximum Gasteiger partial charge on any atom is 0.0616 e. The van der Waals surface area contributed by atoms with Gasteiger partial charge in [-0.15, -0.1) is 0 Å². The predicted octanol–water partition coefficient (Wildman–Crippen LogP) is 3.61. The minimum absolute atomic E-state index is 0.0386. The van der Waals surface area contributed by atoms with Crippen molar-refractivity contribution < 1.29 is 5.11 Å². The van der Waals surface area contributed by atoms with E-state index >= 15 is 0 Å². The Bertz CT molecular complexity index is 163. The van der Waals surface area contributed by atoms with E-state index in [2.05, 4.69) is 27.7 Å². The second-order valence-corrected chi connectivity index (χ2v) is 6.07. The largest absolute Gasteiger partial charge is 0.392 e. The first kappa shape index (κ1) is 12.0. The van der Waals surface area contributed by atoms with E-state index in [-0.39, 0.29) is 11.5 Å². The second-order valence-electron chi connectivity index (χ2n) is 6.07. The lowest BCUT2D eigenvalue weighted by molar-refractivity contribution is -0.0108. The van der Waals surface area contributed by atoms with Gasteiger partial charge in [-0.1, -0.05) is 59.8 Å². The van der Waals surface area contributed by atoms with Crippen LogP contribution in [0.3, 0.4) is 0 Å². The fourth-order valence-corrected chi connectivity index (χ4v) is 2.71. The zero-order chi connectivity index (χ0) is 10.8. The molecule has 0 radical (unpaired) electrons. The molecule has 1 aliphatic rings. The van der Waals surface area contributed by atoms with Crippen LogP contribution in [0.15, 0.2) is 0 Å². The van der Waals surface area contributed by atoms with Crippen LogP contribution in [0.2, 0.25) is 0 Å². The van der Waals surface area contributed by atoms with Crippen molar-refractivity contribution in [3.05, 3.63) is 0 Å². The predicted molar refractivity (Wildman–Crippen MR) is 61.2 cm³/mol. The summed E-state index contributed by atoms with van der Waals surface area (Å²) in [5.41, 5.74) is 0.0386. The summed E-state index contributed by atoms with van der Waals surface area (Å²) < 4.78 is 0.